The second kappa shape index (κ2) is 12.5. The average Bonchev–Trinajstić information content (AvgIpc) is 2.74. The number of ether oxygens (including phenoxy) is 1. The van der Waals surface area contributed by atoms with E-state index in [1.807, 2.05) is 25.1 Å². The summed E-state index contributed by atoms with van der Waals surface area (Å²) >= 11 is 12.3. The van der Waals surface area contributed by atoms with E-state index in [1.54, 1.807) is 30.3 Å². The third-order valence-electron chi connectivity index (χ3n) is 4.68. The summed E-state index contributed by atoms with van der Waals surface area (Å²) in [6, 6.07) is 13.6. The molecule has 0 saturated heterocycles. The van der Waals surface area contributed by atoms with Crippen molar-refractivity contribution >= 4 is 35.0 Å². The van der Waals surface area contributed by atoms with Crippen LogP contribution in [0.3, 0.4) is 0 Å². The summed E-state index contributed by atoms with van der Waals surface area (Å²) in [7, 11) is 0. The number of carbonyl (C=O) groups is 2. The number of benzene rings is 2. The first-order chi connectivity index (χ1) is 14.5. The van der Waals surface area contributed by atoms with Crippen LogP contribution in [0.5, 0.6) is 5.75 Å². The predicted molar refractivity (Wildman–Crippen MR) is 121 cm³/mol. The van der Waals surface area contributed by atoms with Gasteiger partial charge in [0, 0.05) is 23.1 Å². The lowest BCUT2D eigenvalue weighted by molar-refractivity contribution is -0.143. The maximum atomic E-state index is 13.1. The van der Waals surface area contributed by atoms with Gasteiger partial charge in [0.2, 0.25) is 5.91 Å². The van der Waals surface area contributed by atoms with Crippen LogP contribution < -0.4 is 10.1 Å². The molecule has 0 spiro atoms. The van der Waals surface area contributed by atoms with Crippen LogP contribution in [-0.2, 0) is 16.1 Å². The third-order valence-corrected chi connectivity index (χ3v) is 5.26. The first-order valence-electron chi connectivity index (χ1n) is 10.1. The van der Waals surface area contributed by atoms with E-state index in [9.17, 15) is 9.59 Å². The molecular weight excluding hydrogens is 423 g/mol. The second-order valence-electron chi connectivity index (χ2n) is 6.93. The van der Waals surface area contributed by atoms with Crippen molar-refractivity contribution in [2.24, 2.45) is 0 Å². The van der Waals surface area contributed by atoms with Crippen LogP contribution in [0.4, 0.5) is 0 Å². The first kappa shape index (κ1) is 24.0. The molecule has 2 amide bonds. The predicted octanol–water partition coefficient (Wildman–Crippen LogP) is 5.10. The quantitative estimate of drug-likeness (QED) is 0.484. The molecule has 0 unspecified atom stereocenters. The molecule has 5 nitrogen and oxygen atoms in total. The Balaban J connectivity index is 2.20. The number of hydrogen-bond acceptors (Lipinski definition) is 3. The van der Waals surface area contributed by atoms with Crippen molar-refractivity contribution in [3.63, 3.8) is 0 Å². The molecule has 0 fully saturated rings. The summed E-state index contributed by atoms with van der Waals surface area (Å²) in [5.74, 6) is 0.127. The van der Waals surface area contributed by atoms with Crippen LogP contribution in [0.2, 0.25) is 10.0 Å². The zero-order valence-corrected chi connectivity index (χ0v) is 18.9. The van der Waals surface area contributed by atoms with Crippen molar-refractivity contribution in [1.82, 2.24) is 10.2 Å². The molecule has 2 aromatic carbocycles. The van der Waals surface area contributed by atoms with Gasteiger partial charge in [-0.3, -0.25) is 9.59 Å². The van der Waals surface area contributed by atoms with Gasteiger partial charge in [-0.15, -0.1) is 0 Å². The molecule has 0 aliphatic rings. The number of nitrogens with one attached hydrogen (secondary N) is 1. The number of nitrogens with zero attached hydrogens (tertiary/aromatic N) is 1. The van der Waals surface area contributed by atoms with E-state index in [0.29, 0.717) is 34.3 Å². The summed E-state index contributed by atoms with van der Waals surface area (Å²) in [4.78, 5) is 27.4. The molecule has 0 aromatic heterocycles. The summed E-state index contributed by atoms with van der Waals surface area (Å²) in [5, 5.41) is 3.89. The minimum Gasteiger partial charge on any atom is -0.484 e. The largest absolute Gasteiger partial charge is 0.484 e. The molecule has 2 rings (SSSR count). The van der Waals surface area contributed by atoms with Crippen molar-refractivity contribution in [3.05, 3.63) is 64.1 Å². The monoisotopic (exact) mass is 450 g/mol. The van der Waals surface area contributed by atoms with Crippen LogP contribution >= 0.6 is 23.2 Å². The fourth-order valence-corrected chi connectivity index (χ4v) is 3.47. The molecule has 7 heteroatoms. The molecule has 0 radical (unpaired) electrons. The van der Waals surface area contributed by atoms with Crippen LogP contribution in [0.25, 0.3) is 0 Å². The molecule has 2 aromatic rings. The van der Waals surface area contributed by atoms with Gasteiger partial charge in [-0.25, -0.2) is 0 Å². The third kappa shape index (κ3) is 7.22. The van der Waals surface area contributed by atoms with E-state index in [2.05, 4.69) is 12.2 Å². The topological polar surface area (TPSA) is 58.6 Å². The molecule has 1 atom stereocenters. The minimum absolute atomic E-state index is 0.173. The van der Waals surface area contributed by atoms with E-state index >= 15 is 0 Å². The Morgan fingerprint density at radius 1 is 1.10 bits per heavy atom. The first-order valence-corrected chi connectivity index (χ1v) is 10.9. The zero-order valence-electron chi connectivity index (χ0n) is 17.4. The highest BCUT2D eigenvalue weighted by Crippen LogP contribution is 2.24. The van der Waals surface area contributed by atoms with Crippen LogP contribution in [-0.4, -0.2) is 35.9 Å². The molecule has 0 heterocycles. The van der Waals surface area contributed by atoms with Gasteiger partial charge in [-0.2, -0.15) is 0 Å². The van der Waals surface area contributed by atoms with Gasteiger partial charge < -0.3 is 15.0 Å². The van der Waals surface area contributed by atoms with Crippen molar-refractivity contribution < 1.29 is 14.3 Å². The maximum absolute atomic E-state index is 13.1. The standard InChI is InChI=1S/C23H28Cl2N2O3/c1-3-5-13-26-23(29)21(4-2)27(15-17-11-12-18(24)14-20(17)25)22(28)16-30-19-9-7-6-8-10-19/h6-12,14,21H,3-5,13,15-16H2,1-2H3,(H,26,29)/t21-/m1/s1. The number of unbranched alkanes of at least 4 members (excludes halogenated alkanes) is 1. The van der Waals surface area contributed by atoms with Gasteiger partial charge in [0.1, 0.15) is 11.8 Å². The number of halogens is 2. The lowest BCUT2D eigenvalue weighted by Gasteiger charge is -2.31. The normalized spacial score (nSPS) is 11.6. The summed E-state index contributed by atoms with van der Waals surface area (Å²) < 4.78 is 5.63. The smallest absolute Gasteiger partial charge is 0.261 e. The molecular formula is C23H28Cl2N2O3. The number of para-hydroxylation sites is 1. The molecule has 0 aliphatic heterocycles. The lowest BCUT2D eigenvalue weighted by atomic mass is 10.1. The Labute approximate surface area is 188 Å². The van der Waals surface area contributed by atoms with Crippen molar-refractivity contribution in [2.45, 2.75) is 45.7 Å². The molecule has 1 N–H and O–H groups in total. The van der Waals surface area contributed by atoms with Gasteiger partial charge in [0.05, 0.1) is 0 Å². The van der Waals surface area contributed by atoms with E-state index in [0.717, 1.165) is 12.8 Å². The maximum Gasteiger partial charge on any atom is 0.261 e. The Kier molecular flexibility index (Phi) is 9.98. The molecule has 0 aliphatic carbocycles. The van der Waals surface area contributed by atoms with Crippen LogP contribution in [0.15, 0.2) is 48.5 Å². The van der Waals surface area contributed by atoms with E-state index in [-0.39, 0.29) is 25.0 Å². The Hall–Kier alpha value is -2.24. The number of amides is 2. The van der Waals surface area contributed by atoms with Crippen LogP contribution in [0, 0.1) is 0 Å². The Morgan fingerprint density at radius 3 is 2.47 bits per heavy atom. The molecule has 0 bridgehead atoms. The van der Waals surface area contributed by atoms with Crippen molar-refractivity contribution in [2.75, 3.05) is 13.2 Å². The van der Waals surface area contributed by atoms with E-state index in [4.69, 9.17) is 27.9 Å². The van der Waals surface area contributed by atoms with Gasteiger partial charge >= 0.3 is 0 Å². The van der Waals surface area contributed by atoms with Crippen LogP contribution in [0.1, 0.15) is 38.7 Å². The van der Waals surface area contributed by atoms with Gasteiger partial charge in [0.25, 0.3) is 5.91 Å². The average molecular weight is 451 g/mol. The van der Waals surface area contributed by atoms with E-state index in [1.165, 1.54) is 4.90 Å². The fraction of sp³-hybridized carbons (Fsp3) is 0.391. The van der Waals surface area contributed by atoms with Crippen molar-refractivity contribution in [3.8, 4) is 5.75 Å². The Morgan fingerprint density at radius 2 is 1.83 bits per heavy atom. The zero-order chi connectivity index (χ0) is 21.9. The minimum atomic E-state index is -0.625. The number of rotatable bonds is 11. The molecule has 30 heavy (non-hydrogen) atoms. The lowest BCUT2D eigenvalue weighted by Crippen LogP contribution is -2.50. The Bertz CT molecular complexity index is 830. The summed E-state index contributed by atoms with van der Waals surface area (Å²) in [5.41, 5.74) is 0.717. The second-order valence-corrected chi connectivity index (χ2v) is 7.77. The van der Waals surface area contributed by atoms with Gasteiger partial charge in [-0.1, -0.05) is 67.7 Å². The van der Waals surface area contributed by atoms with Gasteiger partial charge in [-0.05, 0) is 42.7 Å². The highest BCUT2D eigenvalue weighted by atomic mass is 35.5. The number of hydrogen-bond donors (Lipinski definition) is 1. The highest BCUT2D eigenvalue weighted by Gasteiger charge is 2.29. The van der Waals surface area contributed by atoms with Gasteiger partial charge in [0.15, 0.2) is 6.61 Å². The molecule has 0 saturated carbocycles. The highest BCUT2D eigenvalue weighted by molar-refractivity contribution is 6.35. The molecule has 162 valence electrons. The van der Waals surface area contributed by atoms with E-state index < -0.39 is 6.04 Å². The van der Waals surface area contributed by atoms with Crippen molar-refractivity contribution in [1.29, 1.82) is 0 Å². The number of carbonyl (C=O) groups excluding carboxylic acids is 2. The SMILES string of the molecule is CCCCNC(=O)[C@@H](CC)N(Cc1ccc(Cl)cc1Cl)C(=O)COc1ccccc1. The summed E-state index contributed by atoms with van der Waals surface area (Å²) in [6.07, 6.45) is 2.33. The fourth-order valence-electron chi connectivity index (χ4n) is 3.00. The summed E-state index contributed by atoms with van der Waals surface area (Å²) in [6.45, 7) is 4.53.